The van der Waals surface area contributed by atoms with Crippen molar-refractivity contribution in [3.63, 3.8) is 0 Å². The van der Waals surface area contributed by atoms with Crippen molar-refractivity contribution in [1.29, 1.82) is 0 Å². The van der Waals surface area contributed by atoms with Crippen LogP contribution in [0.1, 0.15) is 0 Å². The third kappa shape index (κ3) is 11.8. The van der Waals surface area contributed by atoms with E-state index >= 15 is 0 Å². The summed E-state index contributed by atoms with van der Waals surface area (Å²) in [6.07, 6.45) is 0. The molecule has 0 heterocycles. The zero-order valence-corrected chi connectivity index (χ0v) is 8.78. The van der Waals surface area contributed by atoms with E-state index in [1.54, 1.807) is 7.11 Å². The molecule has 0 aliphatic rings. The summed E-state index contributed by atoms with van der Waals surface area (Å²) >= 11 is 0. The van der Waals surface area contributed by atoms with Gasteiger partial charge in [-0.25, -0.2) is 10.1 Å². The Morgan fingerprint density at radius 1 is 0.929 bits per heavy atom. The van der Waals surface area contributed by atoms with Crippen molar-refractivity contribution in [3.8, 4) is 0 Å². The number of ether oxygens (including phenoxy) is 3. The van der Waals surface area contributed by atoms with Crippen molar-refractivity contribution < 1.29 is 24.3 Å². The van der Waals surface area contributed by atoms with Crippen molar-refractivity contribution in [2.75, 3.05) is 53.8 Å². The Hall–Kier alpha value is -0.240. The minimum Gasteiger partial charge on any atom is -0.600 e. The van der Waals surface area contributed by atoms with Crippen LogP contribution in [0.15, 0.2) is 0 Å². The highest BCUT2D eigenvalue weighted by atomic mass is 16.9. The fourth-order valence-corrected chi connectivity index (χ4v) is 0.709. The van der Waals surface area contributed by atoms with Gasteiger partial charge in [0.25, 0.3) is 0 Å². The highest BCUT2D eigenvalue weighted by molar-refractivity contribution is 4.31. The summed E-state index contributed by atoms with van der Waals surface area (Å²) < 4.78 is 15.1. The smallest absolute Gasteiger partial charge is 0.130 e. The molecular formula is C8H19NO5. The third-order valence-electron chi connectivity index (χ3n) is 1.34. The van der Waals surface area contributed by atoms with E-state index < -0.39 is 0 Å². The molecule has 0 aromatic rings. The van der Waals surface area contributed by atoms with Crippen LogP contribution >= 0.6 is 0 Å². The zero-order chi connectivity index (χ0) is 10.6. The third-order valence-corrected chi connectivity index (χ3v) is 1.34. The van der Waals surface area contributed by atoms with Gasteiger partial charge >= 0.3 is 0 Å². The van der Waals surface area contributed by atoms with Crippen LogP contribution in [0.4, 0.5) is 0 Å². The molecule has 1 unspecified atom stereocenters. The van der Waals surface area contributed by atoms with Gasteiger partial charge in [-0.15, -0.1) is 0 Å². The molecule has 14 heavy (non-hydrogen) atoms. The molecule has 6 nitrogen and oxygen atoms in total. The molecule has 0 aliphatic heterocycles. The highest BCUT2D eigenvalue weighted by Crippen LogP contribution is 1.79. The van der Waals surface area contributed by atoms with Crippen LogP contribution in [0.25, 0.3) is 0 Å². The van der Waals surface area contributed by atoms with E-state index in [0.29, 0.717) is 39.6 Å². The second-order valence-electron chi connectivity index (χ2n) is 2.56. The Balaban J connectivity index is 2.85. The Morgan fingerprint density at radius 3 is 1.93 bits per heavy atom. The average Bonchev–Trinajstić information content (AvgIpc) is 2.15. The minimum absolute atomic E-state index is 0.287. The second-order valence-corrected chi connectivity index (χ2v) is 2.56. The summed E-state index contributed by atoms with van der Waals surface area (Å²) in [5, 5.41) is 10.0. The number of hydrogen-bond donors (Lipinski definition) is 1. The summed E-state index contributed by atoms with van der Waals surface area (Å²) in [5.74, 6) is 0. The van der Waals surface area contributed by atoms with Crippen molar-refractivity contribution in [2.24, 2.45) is 0 Å². The van der Waals surface area contributed by atoms with Crippen LogP contribution in [-0.4, -0.2) is 53.8 Å². The maximum Gasteiger partial charge on any atom is 0.130 e. The van der Waals surface area contributed by atoms with Gasteiger partial charge in [0.15, 0.2) is 0 Å². The maximum absolute atomic E-state index is 10.3. The lowest BCUT2D eigenvalue weighted by Gasteiger charge is -2.13. The fourth-order valence-electron chi connectivity index (χ4n) is 0.709. The highest BCUT2D eigenvalue weighted by Gasteiger charge is 1.92. The minimum atomic E-state index is -0.287. The van der Waals surface area contributed by atoms with Gasteiger partial charge in [0.2, 0.25) is 0 Å². The van der Waals surface area contributed by atoms with Gasteiger partial charge < -0.3 is 19.4 Å². The lowest BCUT2D eigenvalue weighted by molar-refractivity contribution is -1.04. The van der Waals surface area contributed by atoms with E-state index in [1.165, 1.54) is 7.05 Å². The van der Waals surface area contributed by atoms with Crippen molar-refractivity contribution in [3.05, 3.63) is 5.21 Å². The molecule has 6 heteroatoms. The predicted octanol–water partition coefficient (Wildman–Crippen LogP) is -1.39. The Labute approximate surface area is 84.2 Å². The molecular weight excluding hydrogens is 190 g/mol. The summed E-state index contributed by atoms with van der Waals surface area (Å²) in [6, 6.07) is 0. The van der Waals surface area contributed by atoms with E-state index in [2.05, 4.69) is 4.84 Å². The van der Waals surface area contributed by atoms with Gasteiger partial charge in [-0.05, 0) is 0 Å². The molecule has 0 rings (SSSR count). The number of hydrogen-bond acceptors (Lipinski definition) is 5. The van der Waals surface area contributed by atoms with Crippen LogP contribution in [0, 0.1) is 5.21 Å². The SMILES string of the molecule is COCCOCCOCCO[NH+](C)[O-]. The van der Waals surface area contributed by atoms with Crippen LogP contribution in [0.3, 0.4) is 0 Å². The Kier molecular flexibility index (Phi) is 10.7. The first kappa shape index (κ1) is 13.8. The summed E-state index contributed by atoms with van der Waals surface area (Å²) in [5.41, 5.74) is 0. The molecule has 1 atom stereocenters. The molecule has 0 aromatic heterocycles. The van der Waals surface area contributed by atoms with Gasteiger partial charge in [-0.2, -0.15) is 0 Å². The summed E-state index contributed by atoms with van der Waals surface area (Å²) in [7, 11) is 2.99. The summed E-state index contributed by atoms with van der Waals surface area (Å²) in [4.78, 5) is 4.66. The molecule has 1 N–H and O–H groups in total. The molecule has 0 radical (unpaired) electrons. The molecule has 0 bridgehead atoms. The Bertz CT molecular complexity index is 112. The quantitative estimate of drug-likeness (QED) is 0.354. The molecule has 0 aromatic carbocycles. The average molecular weight is 209 g/mol. The van der Waals surface area contributed by atoms with Gasteiger partial charge in [-0.1, -0.05) is 0 Å². The zero-order valence-electron chi connectivity index (χ0n) is 8.78. The first-order valence-electron chi connectivity index (χ1n) is 4.55. The van der Waals surface area contributed by atoms with Crippen LogP contribution in [0.2, 0.25) is 0 Å². The lowest BCUT2D eigenvalue weighted by Crippen LogP contribution is -3.02. The molecule has 86 valence electrons. The van der Waals surface area contributed by atoms with Crippen molar-refractivity contribution in [1.82, 2.24) is 0 Å². The topological polar surface area (TPSA) is 64.4 Å². The normalized spacial score (nSPS) is 13.1. The van der Waals surface area contributed by atoms with Crippen LogP contribution in [0.5, 0.6) is 0 Å². The van der Waals surface area contributed by atoms with Gasteiger partial charge in [-0.3, -0.25) is 0 Å². The number of quaternary nitrogens is 1. The van der Waals surface area contributed by atoms with Gasteiger partial charge in [0.05, 0.1) is 40.1 Å². The predicted molar refractivity (Wildman–Crippen MR) is 49.7 cm³/mol. The van der Waals surface area contributed by atoms with E-state index in [4.69, 9.17) is 14.2 Å². The van der Waals surface area contributed by atoms with E-state index in [0.717, 1.165) is 0 Å². The van der Waals surface area contributed by atoms with Gasteiger partial charge in [0.1, 0.15) is 6.61 Å². The molecule has 0 aliphatic carbocycles. The van der Waals surface area contributed by atoms with E-state index in [1.807, 2.05) is 0 Å². The molecule has 0 saturated carbocycles. The molecule has 0 saturated heterocycles. The van der Waals surface area contributed by atoms with E-state index in [-0.39, 0.29) is 5.23 Å². The molecule has 0 amide bonds. The van der Waals surface area contributed by atoms with Crippen molar-refractivity contribution >= 4 is 0 Å². The molecule has 0 spiro atoms. The first-order valence-corrected chi connectivity index (χ1v) is 4.55. The number of nitrogens with one attached hydrogen (secondary N) is 1. The van der Waals surface area contributed by atoms with Crippen LogP contribution < -0.4 is 5.23 Å². The monoisotopic (exact) mass is 209 g/mol. The maximum atomic E-state index is 10.3. The number of rotatable bonds is 10. The fraction of sp³-hybridized carbons (Fsp3) is 1.00. The largest absolute Gasteiger partial charge is 0.600 e. The molecule has 0 fully saturated rings. The van der Waals surface area contributed by atoms with Crippen molar-refractivity contribution in [2.45, 2.75) is 0 Å². The lowest BCUT2D eigenvalue weighted by atomic mass is 10.7. The van der Waals surface area contributed by atoms with E-state index in [9.17, 15) is 5.21 Å². The second kappa shape index (κ2) is 10.8. The summed E-state index contributed by atoms with van der Waals surface area (Å²) in [6.45, 7) is 2.91. The number of hydroxylamine groups is 2. The Morgan fingerprint density at radius 2 is 1.43 bits per heavy atom. The number of methoxy groups -OCH3 is 1. The van der Waals surface area contributed by atoms with Crippen LogP contribution in [-0.2, 0) is 19.0 Å². The first-order chi connectivity index (χ1) is 6.77. The standard InChI is InChI=1S/C8H19NO5/c1-9(10)14-8-7-13-6-5-12-4-3-11-2/h9H,3-8H2,1-2H3. The van der Waals surface area contributed by atoms with Gasteiger partial charge in [0, 0.05) is 7.11 Å².